The van der Waals surface area contributed by atoms with Gasteiger partial charge < -0.3 is 11.5 Å². The van der Waals surface area contributed by atoms with Gasteiger partial charge >= 0.3 is 0 Å². The second kappa shape index (κ2) is 6.02. The van der Waals surface area contributed by atoms with Crippen LogP contribution in [0.5, 0.6) is 0 Å². The van der Waals surface area contributed by atoms with Gasteiger partial charge in [0.05, 0.1) is 5.92 Å². The van der Waals surface area contributed by atoms with E-state index < -0.39 is 0 Å². The molecule has 116 valence electrons. The lowest BCUT2D eigenvalue weighted by Gasteiger charge is -2.45. The fourth-order valence-corrected chi connectivity index (χ4v) is 4.04. The topological polar surface area (TPSA) is 72.3 Å². The Balaban J connectivity index is 2.04. The van der Waals surface area contributed by atoms with Gasteiger partial charge in [0.1, 0.15) is 0 Å². The third kappa shape index (κ3) is 3.34. The van der Waals surface area contributed by atoms with Gasteiger partial charge in [-0.15, -0.1) is 0 Å². The van der Waals surface area contributed by atoms with E-state index in [4.69, 9.17) is 11.5 Å². The van der Waals surface area contributed by atoms with E-state index in [1.54, 1.807) is 0 Å². The van der Waals surface area contributed by atoms with Gasteiger partial charge in [-0.3, -0.25) is 9.69 Å². The molecule has 4 heteroatoms. The molecule has 4 nitrogen and oxygen atoms in total. The molecule has 1 aliphatic carbocycles. The zero-order valence-corrected chi connectivity index (χ0v) is 13.3. The second-order valence-electron chi connectivity index (χ2n) is 7.82. The molecule has 1 amide bonds. The predicted molar refractivity (Wildman–Crippen MR) is 82.0 cm³/mol. The van der Waals surface area contributed by atoms with Crippen LogP contribution in [-0.4, -0.2) is 36.5 Å². The van der Waals surface area contributed by atoms with Crippen LogP contribution in [-0.2, 0) is 4.79 Å². The monoisotopic (exact) mass is 281 g/mol. The molecule has 0 aromatic rings. The Bertz CT molecular complexity index is 350. The molecule has 1 aliphatic heterocycles. The lowest BCUT2D eigenvalue weighted by atomic mass is 9.67. The molecule has 4 N–H and O–H groups in total. The summed E-state index contributed by atoms with van der Waals surface area (Å²) in [4.78, 5) is 13.9. The molecule has 1 heterocycles. The van der Waals surface area contributed by atoms with Gasteiger partial charge in [0.25, 0.3) is 0 Å². The molecule has 2 aliphatic rings. The highest BCUT2D eigenvalue weighted by Gasteiger charge is 2.40. The zero-order valence-electron chi connectivity index (χ0n) is 13.3. The van der Waals surface area contributed by atoms with Crippen LogP contribution >= 0.6 is 0 Å². The summed E-state index contributed by atoms with van der Waals surface area (Å²) in [6.45, 7) is 9.63. The molecule has 20 heavy (non-hydrogen) atoms. The molecule has 0 aromatic carbocycles. The normalized spacial score (nSPS) is 36.2. The first-order chi connectivity index (χ1) is 9.32. The Morgan fingerprint density at radius 3 is 2.45 bits per heavy atom. The van der Waals surface area contributed by atoms with E-state index in [1.807, 2.05) is 0 Å². The Morgan fingerprint density at radius 2 is 1.95 bits per heavy atom. The van der Waals surface area contributed by atoms with Crippen LogP contribution in [0.15, 0.2) is 0 Å². The predicted octanol–water partition coefficient (Wildman–Crippen LogP) is 1.58. The number of hydrogen-bond acceptors (Lipinski definition) is 3. The lowest BCUT2D eigenvalue weighted by Crippen LogP contribution is -2.48. The summed E-state index contributed by atoms with van der Waals surface area (Å²) in [7, 11) is 0. The van der Waals surface area contributed by atoms with Gasteiger partial charge in [0, 0.05) is 12.6 Å². The molecule has 0 spiro atoms. The number of amides is 1. The largest absolute Gasteiger partial charge is 0.369 e. The number of nitrogens with zero attached hydrogens (tertiary/aromatic N) is 1. The van der Waals surface area contributed by atoms with Crippen molar-refractivity contribution in [1.29, 1.82) is 0 Å². The van der Waals surface area contributed by atoms with Gasteiger partial charge in [-0.1, -0.05) is 20.8 Å². The van der Waals surface area contributed by atoms with E-state index in [-0.39, 0.29) is 11.8 Å². The van der Waals surface area contributed by atoms with Gasteiger partial charge in [0.15, 0.2) is 0 Å². The van der Waals surface area contributed by atoms with Crippen molar-refractivity contribution in [2.75, 3.05) is 19.6 Å². The third-order valence-corrected chi connectivity index (χ3v) is 5.57. The summed E-state index contributed by atoms with van der Waals surface area (Å²) in [6.07, 6.45) is 4.65. The first kappa shape index (κ1) is 15.8. The smallest absolute Gasteiger partial charge is 0.221 e. The molecule has 4 unspecified atom stereocenters. The number of likely N-dealkylation sites (tertiary alicyclic amines) is 1. The van der Waals surface area contributed by atoms with Crippen molar-refractivity contribution in [2.24, 2.45) is 34.6 Å². The molecule has 0 radical (unpaired) electrons. The minimum absolute atomic E-state index is 0.0448. The maximum Gasteiger partial charge on any atom is 0.221 e. The Hall–Kier alpha value is -0.610. The quantitative estimate of drug-likeness (QED) is 0.825. The first-order valence-corrected chi connectivity index (χ1v) is 8.06. The Labute approximate surface area is 123 Å². The van der Waals surface area contributed by atoms with Gasteiger partial charge in [0.2, 0.25) is 5.91 Å². The lowest BCUT2D eigenvalue weighted by molar-refractivity contribution is -0.121. The molecular formula is C16H31N3O. The highest BCUT2D eigenvalue weighted by Crippen LogP contribution is 2.42. The number of nitrogens with two attached hydrogens (primary N) is 2. The van der Waals surface area contributed by atoms with Crippen molar-refractivity contribution in [1.82, 2.24) is 4.90 Å². The van der Waals surface area contributed by atoms with E-state index in [9.17, 15) is 4.79 Å². The summed E-state index contributed by atoms with van der Waals surface area (Å²) in [5.74, 6) is 1.24. The Morgan fingerprint density at radius 1 is 1.25 bits per heavy atom. The van der Waals surface area contributed by atoms with Crippen molar-refractivity contribution in [3.05, 3.63) is 0 Å². The molecule has 0 bridgehead atoms. The SMILES string of the molecule is CC(C)(C)C1CCC(CN)C(N2CCC(C(N)=O)C2)C1. The highest BCUT2D eigenvalue weighted by molar-refractivity contribution is 5.77. The molecule has 0 aromatic heterocycles. The van der Waals surface area contributed by atoms with Crippen LogP contribution < -0.4 is 11.5 Å². The van der Waals surface area contributed by atoms with Crippen LogP contribution in [0.2, 0.25) is 0 Å². The number of primary amides is 1. The number of hydrogen-bond donors (Lipinski definition) is 2. The van der Waals surface area contributed by atoms with Crippen molar-refractivity contribution < 1.29 is 4.79 Å². The van der Waals surface area contributed by atoms with Gasteiger partial charge in [-0.05, 0) is 56.0 Å². The van der Waals surface area contributed by atoms with E-state index in [2.05, 4.69) is 25.7 Å². The van der Waals surface area contributed by atoms with Crippen LogP contribution in [0.25, 0.3) is 0 Å². The van der Waals surface area contributed by atoms with Gasteiger partial charge in [-0.2, -0.15) is 0 Å². The molecule has 1 saturated heterocycles. The molecule has 2 rings (SSSR count). The molecule has 1 saturated carbocycles. The number of carbonyl (C=O) groups excluding carboxylic acids is 1. The molecule has 4 atom stereocenters. The minimum atomic E-state index is -0.139. The first-order valence-electron chi connectivity index (χ1n) is 8.06. The Kier molecular flexibility index (Phi) is 4.75. The van der Waals surface area contributed by atoms with E-state index in [1.165, 1.54) is 19.3 Å². The number of rotatable bonds is 3. The minimum Gasteiger partial charge on any atom is -0.369 e. The summed E-state index contributed by atoms with van der Waals surface area (Å²) >= 11 is 0. The summed E-state index contributed by atoms with van der Waals surface area (Å²) in [6, 6.07) is 0.544. The van der Waals surface area contributed by atoms with E-state index in [0.717, 1.165) is 32.0 Å². The zero-order chi connectivity index (χ0) is 14.9. The van der Waals surface area contributed by atoms with E-state index >= 15 is 0 Å². The third-order valence-electron chi connectivity index (χ3n) is 5.57. The van der Waals surface area contributed by atoms with E-state index in [0.29, 0.717) is 17.4 Å². The van der Waals surface area contributed by atoms with Crippen molar-refractivity contribution in [3.63, 3.8) is 0 Å². The van der Waals surface area contributed by atoms with Crippen molar-refractivity contribution >= 4 is 5.91 Å². The highest BCUT2D eigenvalue weighted by atomic mass is 16.1. The molecule has 2 fully saturated rings. The summed E-state index contributed by atoms with van der Waals surface area (Å²) in [5, 5.41) is 0. The maximum atomic E-state index is 11.4. The summed E-state index contributed by atoms with van der Waals surface area (Å²) in [5.41, 5.74) is 11.8. The summed E-state index contributed by atoms with van der Waals surface area (Å²) < 4.78 is 0. The average Bonchev–Trinajstić information content (AvgIpc) is 2.86. The van der Waals surface area contributed by atoms with Crippen LogP contribution in [0, 0.1) is 23.2 Å². The number of carbonyl (C=O) groups is 1. The fraction of sp³-hybridized carbons (Fsp3) is 0.938. The average molecular weight is 281 g/mol. The van der Waals surface area contributed by atoms with Crippen molar-refractivity contribution in [3.8, 4) is 0 Å². The van der Waals surface area contributed by atoms with Crippen LogP contribution in [0.1, 0.15) is 46.5 Å². The van der Waals surface area contributed by atoms with Crippen molar-refractivity contribution in [2.45, 2.75) is 52.5 Å². The standard InChI is InChI=1S/C16H31N3O/c1-16(2,3)13-5-4-11(9-17)14(8-13)19-7-6-12(10-19)15(18)20/h11-14H,4-10,17H2,1-3H3,(H2,18,20). The van der Waals surface area contributed by atoms with Crippen LogP contribution in [0.4, 0.5) is 0 Å². The van der Waals surface area contributed by atoms with Crippen LogP contribution in [0.3, 0.4) is 0 Å². The second-order valence-corrected chi connectivity index (χ2v) is 7.82. The molecular weight excluding hydrogens is 250 g/mol. The fourth-order valence-electron chi connectivity index (χ4n) is 4.04. The maximum absolute atomic E-state index is 11.4. The van der Waals surface area contributed by atoms with Gasteiger partial charge in [-0.25, -0.2) is 0 Å².